The summed E-state index contributed by atoms with van der Waals surface area (Å²) in [5.74, 6) is 0.130. The number of H-pyrrole nitrogens is 1. The summed E-state index contributed by atoms with van der Waals surface area (Å²) < 4.78 is 72.0. The first-order chi connectivity index (χ1) is 20.2. The molecule has 2 aliphatic heterocycles. The lowest BCUT2D eigenvalue weighted by atomic mass is 9.92. The number of aromatic amines is 1. The Hall–Kier alpha value is -3.84. The summed E-state index contributed by atoms with van der Waals surface area (Å²) in [5, 5.41) is 2.05. The SMILES string of the molecule is O=S(=O)=C(C1CCN(c2cc[nH]c3cnc4nccc4c23)CC1)N1CCCC(COc2ccc(OC(F)(F)F)cc2)C1. The molecule has 0 bridgehead atoms. The number of likely N-dealkylation sites (tertiary alicyclic amines) is 1. The van der Waals surface area contributed by atoms with Crippen molar-refractivity contribution in [3.63, 3.8) is 0 Å². The third-order valence-electron chi connectivity index (χ3n) is 8.00. The lowest BCUT2D eigenvalue weighted by Gasteiger charge is -2.39. The number of nitrogens with zero attached hydrogens (tertiary/aromatic N) is 4. The van der Waals surface area contributed by atoms with Gasteiger partial charge in [0, 0.05) is 66.9 Å². The molecule has 0 aliphatic carbocycles. The number of anilines is 1. The normalized spacial score (nSPS) is 18.8. The first kappa shape index (κ1) is 28.3. The van der Waals surface area contributed by atoms with Gasteiger partial charge in [0.05, 0.1) is 18.3 Å². The van der Waals surface area contributed by atoms with Crippen LogP contribution in [-0.2, 0) is 10.3 Å². The van der Waals surface area contributed by atoms with Gasteiger partial charge in [0.25, 0.3) is 0 Å². The van der Waals surface area contributed by atoms with Gasteiger partial charge < -0.3 is 19.4 Å². The van der Waals surface area contributed by atoms with E-state index in [4.69, 9.17) is 4.74 Å². The number of rotatable bonds is 6. The topological polar surface area (TPSA) is 101 Å². The number of hydrogen-bond acceptors (Lipinski definition) is 7. The van der Waals surface area contributed by atoms with Gasteiger partial charge in [-0.25, -0.2) is 9.97 Å². The second-order valence-corrected chi connectivity index (χ2v) is 11.6. The third kappa shape index (κ3) is 6.16. The molecule has 0 amide bonds. The van der Waals surface area contributed by atoms with Crippen LogP contribution in [0.2, 0.25) is 0 Å². The highest BCUT2D eigenvalue weighted by Crippen LogP contribution is 2.34. The molecular weight excluding hydrogens is 571 g/mol. The minimum absolute atomic E-state index is 0.0794. The number of piperidine rings is 2. The van der Waals surface area contributed by atoms with E-state index in [-0.39, 0.29) is 17.6 Å². The Morgan fingerprint density at radius 1 is 1.00 bits per heavy atom. The number of ether oxygens (including phenoxy) is 2. The zero-order valence-corrected chi connectivity index (χ0v) is 23.5. The van der Waals surface area contributed by atoms with Crippen molar-refractivity contribution in [2.75, 3.05) is 37.7 Å². The predicted molar refractivity (Wildman–Crippen MR) is 153 cm³/mol. The second-order valence-electron chi connectivity index (χ2n) is 10.7. The van der Waals surface area contributed by atoms with E-state index in [9.17, 15) is 21.6 Å². The monoisotopic (exact) mass is 601 g/mol. The highest BCUT2D eigenvalue weighted by atomic mass is 32.2. The van der Waals surface area contributed by atoms with E-state index in [0.717, 1.165) is 47.9 Å². The molecule has 2 fully saturated rings. The van der Waals surface area contributed by atoms with Crippen molar-refractivity contribution in [2.45, 2.75) is 32.0 Å². The van der Waals surface area contributed by atoms with Gasteiger partial charge in [-0.1, -0.05) is 0 Å². The molecule has 4 aromatic rings. The van der Waals surface area contributed by atoms with E-state index in [0.29, 0.717) is 48.9 Å². The van der Waals surface area contributed by atoms with Crippen LogP contribution in [0.25, 0.3) is 21.9 Å². The van der Waals surface area contributed by atoms with E-state index in [1.807, 2.05) is 17.2 Å². The van der Waals surface area contributed by atoms with Crippen LogP contribution >= 0.6 is 0 Å². The Morgan fingerprint density at radius 3 is 2.50 bits per heavy atom. The van der Waals surface area contributed by atoms with Crippen LogP contribution in [0.4, 0.5) is 18.9 Å². The maximum atomic E-state index is 12.5. The molecule has 2 saturated heterocycles. The number of alkyl halides is 3. The van der Waals surface area contributed by atoms with E-state index in [1.165, 1.54) is 24.3 Å². The van der Waals surface area contributed by atoms with Crippen LogP contribution in [0.5, 0.6) is 11.5 Å². The molecule has 0 radical (unpaired) electrons. The Labute approximate surface area is 241 Å². The smallest absolute Gasteiger partial charge is 0.493 e. The van der Waals surface area contributed by atoms with Crippen molar-refractivity contribution in [3.05, 3.63) is 55.0 Å². The quantitative estimate of drug-likeness (QED) is 0.308. The van der Waals surface area contributed by atoms with Gasteiger partial charge in [0.2, 0.25) is 10.3 Å². The number of halogens is 3. The molecule has 3 aromatic heterocycles. The largest absolute Gasteiger partial charge is 0.573 e. The molecule has 5 heterocycles. The van der Waals surface area contributed by atoms with E-state index in [1.54, 1.807) is 12.4 Å². The molecule has 1 N–H and O–H groups in total. The molecule has 222 valence electrons. The Kier molecular flexibility index (Phi) is 7.95. The van der Waals surface area contributed by atoms with Gasteiger partial charge in [0.15, 0.2) is 5.65 Å². The van der Waals surface area contributed by atoms with Crippen molar-refractivity contribution in [1.29, 1.82) is 0 Å². The molecule has 42 heavy (non-hydrogen) atoms. The molecule has 13 heteroatoms. The Bertz CT molecular complexity index is 1690. The molecule has 6 rings (SSSR count). The molecule has 0 saturated carbocycles. The minimum atomic E-state index is -4.75. The van der Waals surface area contributed by atoms with Gasteiger partial charge in [-0.15, -0.1) is 13.2 Å². The van der Waals surface area contributed by atoms with E-state index in [2.05, 4.69) is 30.7 Å². The number of benzene rings is 1. The molecule has 1 aromatic carbocycles. The highest BCUT2D eigenvalue weighted by Gasteiger charge is 2.33. The van der Waals surface area contributed by atoms with Crippen molar-refractivity contribution >= 4 is 42.9 Å². The van der Waals surface area contributed by atoms with Crippen molar-refractivity contribution in [3.8, 4) is 11.5 Å². The predicted octanol–water partition coefficient (Wildman–Crippen LogP) is 5.03. The molecule has 1 atom stereocenters. The van der Waals surface area contributed by atoms with Crippen LogP contribution in [0.1, 0.15) is 25.7 Å². The summed E-state index contributed by atoms with van der Waals surface area (Å²) in [6, 6.07) is 9.31. The van der Waals surface area contributed by atoms with E-state index >= 15 is 0 Å². The fourth-order valence-electron chi connectivity index (χ4n) is 6.12. The molecule has 9 nitrogen and oxygen atoms in total. The third-order valence-corrected chi connectivity index (χ3v) is 8.93. The van der Waals surface area contributed by atoms with Gasteiger partial charge in [0.1, 0.15) is 16.5 Å². The molecule has 2 aliphatic rings. The second kappa shape index (κ2) is 11.8. The van der Waals surface area contributed by atoms with Gasteiger partial charge in [-0.3, -0.25) is 4.90 Å². The first-order valence-corrected chi connectivity index (χ1v) is 15.0. The van der Waals surface area contributed by atoms with Crippen LogP contribution < -0.4 is 14.4 Å². The van der Waals surface area contributed by atoms with E-state index < -0.39 is 16.7 Å². The van der Waals surface area contributed by atoms with Crippen LogP contribution in [-0.4, -0.2) is 72.4 Å². The average molecular weight is 602 g/mol. The maximum Gasteiger partial charge on any atom is 0.573 e. The van der Waals surface area contributed by atoms with Crippen molar-refractivity contribution in [2.24, 2.45) is 11.8 Å². The van der Waals surface area contributed by atoms with Crippen LogP contribution in [0.15, 0.2) is 55.0 Å². The van der Waals surface area contributed by atoms with Gasteiger partial charge in [-0.05, 0) is 62.1 Å². The summed E-state index contributed by atoms with van der Waals surface area (Å²) in [6.45, 7) is 2.99. The Balaban J connectivity index is 1.09. The number of nitrogens with one attached hydrogen (secondary N) is 1. The summed E-state index contributed by atoms with van der Waals surface area (Å²) >= 11 is 0. The number of pyridine rings is 2. The minimum Gasteiger partial charge on any atom is -0.493 e. The van der Waals surface area contributed by atoms with Crippen LogP contribution in [0, 0.1) is 11.8 Å². The number of aromatic nitrogens is 3. The average Bonchev–Trinajstić information content (AvgIpc) is 3.46. The maximum absolute atomic E-state index is 12.5. The first-order valence-electron chi connectivity index (χ1n) is 13.9. The molecule has 1 unspecified atom stereocenters. The summed E-state index contributed by atoms with van der Waals surface area (Å²) in [7, 11) is -2.35. The van der Waals surface area contributed by atoms with Gasteiger partial charge >= 0.3 is 6.36 Å². The standard InChI is InChI=1S/C29H30F3N5O4S/c30-29(31,32)41-22-5-3-21(4-6-22)40-18-19-2-1-13-37(17-19)28(42(38)39)20-9-14-36(15-10-20)25-8-12-33-24-16-35-27-23(26(24)25)7-11-34-27/h3-8,11-12,16,19-20,33H,1-2,9-10,13-15,17-18H2. The van der Waals surface area contributed by atoms with Crippen molar-refractivity contribution < 1.29 is 31.1 Å². The number of fused-ring (bicyclic) bond motifs is 3. The number of hydrogen-bond donors (Lipinski definition) is 1. The lowest BCUT2D eigenvalue weighted by molar-refractivity contribution is -0.274. The summed E-state index contributed by atoms with van der Waals surface area (Å²) in [4.78, 5) is 16.8. The molecular formula is C29H30F3N5O4S. The zero-order chi connectivity index (χ0) is 29.3. The van der Waals surface area contributed by atoms with Crippen LogP contribution in [0.3, 0.4) is 0 Å². The van der Waals surface area contributed by atoms with Crippen molar-refractivity contribution in [1.82, 2.24) is 19.9 Å². The zero-order valence-electron chi connectivity index (χ0n) is 22.7. The Morgan fingerprint density at radius 2 is 1.76 bits per heavy atom. The highest BCUT2D eigenvalue weighted by molar-refractivity contribution is 7.72. The fraction of sp³-hybridized carbons (Fsp3) is 0.414. The molecule has 0 spiro atoms. The fourth-order valence-corrected chi connectivity index (χ4v) is 7.01. The lowest BCUT2D eigenvalue weighted by Crippen LogP contribution is -2.47. The summed E-state index contributed by atoms with van der Waals surface area (Å²) in [5.41, 5.74) is 2.71. The summed E-state index contributed by atoms with van der Waals surface area (Å²) in [6.07, 6.45) is 3.82. The van der Waals surface area contributed by atoms with Gasteiger partial charge in [-0.2, -0.15) is 8.42 Å².